The second kappa shape index (κ2) is 5.77. The highest BCUT2D eigenvalue weighted by atomic mass is 19.4. The monoisotopic (exact) mass is 362 g/mol. The van der Waals surface area contributed by atoms with E-state index in [0.717, 1.165) is 18.0 Å². The van der Waals surface area contributed by atoms with Gasteiger partial charge in [0.05, 0.1) is 0 Å². The summed E-state index contributed by atoms with van der Waals surface area (Å²) in [6, 6.07) is 4.18. The molecule has 0 radical (unpaired) electrons. The maximum absolute atomic E-state index is 13.1. The number of aromatic nitrogens is 5. The van der Waals surface area contributed by atoms with Crippen LogP contribution in [0.3, 0.4) is 0 Å². The largest absolute Gasteiger partial charge is 0.433 e. The summed E-state index contributed by atoms with van der Waals surface area (Å²) in [5, 5.41) is 8.00. The van der Waals surface area contributed by atoms with E-state index in [2.05, 4.69) is 20.2 Å². The Labute approximate surface area is 145 Å². The van der Waals surface area contributed by atoms with Crippen LogP contribution in [0, 0.1) is 0 Å². The zero-order valence-electron chi connectivity index (χ0n) is 13.8. The van der Waals surface area contributed by atoms with E-state index < -0.39 is 11.9 Å². The smallest absolute Gasteiger partial charge is 0.422 e. The molecule has 7 nitrogen and oxygen atoms in total. The molecule has 0 aliphatic rings. The Hall–Kier alpha value is -3.01. The molecule has 0 unspecified atom stereocenters. The lowest BCUT2D eigenvalue weighted by Gasteiger charge is -2.13. The van der Waals surface area contributed by atoms with Crippen molar-refractivity contribution in [3.05, 3.63) is 42.0 Å². The molecule has 10 heteroatoms. The van der Waals surface area contributed by atoms with Gasteiger partial charge in [-0.2, -0.15) is 13.2 Å². The molecule has 4 aromatic rings. The normalized spacial score (nSPS) is 12.5. The number of pyridine rings is 2. The van der Waals surface area contributed by atoms with Gasteiger partial charge in [0, 0.05) is 23.7 Å². The molecule has 0 aliphatic carbocycles. The van der Waals surface area contributed by atoms with Crippen LogP contribution in [0.15, 0.2) is 35.2 Å². The lowest BCUT2D eigenvalue weighted by atomic mass is 10.2. The first-order chi connectivity index (χ1) is 12.3. The highest BCUT2D eigenvalue weighted by Crippen LogP contribution is 2.30. The van der Waals surface area contributed by atoms with Gasteiger partial charge in [-0.25, -0.2) is 9.97 Å². The van der Waals surface area contributed by atoms with Gasteiger partial charge in [0.2, 0.25) is 6.39 Å². The SMILES string of the molecule is CN(C)Cc1cc2ccc(C(F)(F)F)nc2n2cc(-c3nnco3)nc12. The first-order valence-corrected chi connectivity index (χ1v) is 7.63. The van der Waals surface area contributed by atoms with Crippen LogP contribution in [-0.2, 0) is 12.7 Å². The van der Waals surface area contributed by atoms with Gasteiger partial charge in [-0.1, -0.05) is 0 Å². The van der Waals surface area contributed by atoms with Gasteiger partial charge < -0.3 is 9.32 Å². The lowest BCUT2D eigenvalue weighted by Crippen LogP contribution is -2.13. The maximum Gasteiger partial charge on any atom is 0.433 e. The van der Waals surface area contributed by atoms with Crippen molar-refractivity contribution in [3.8, 4) is 11.6 Å². The van der Waals surface area contributed by atoms with Crippen molar-refractivity contribution in [2.75, 3.05) is 14.1 Å². The molecule has 0 aliphatic heterocycles. The van der Waals surface area contributed by atoms with Crippen LogP contribution in [0.25, 0.3) is 28.3 Å². The fourth-order valence-corrected chi connectivity index (χ4v) is 2.79. The van der Waals surface area contributed by atoms with Crippen molar-refractivity contribution in [3.63, 3.8) is 0 Å². The fraction of sp³-hybridized carbons (Fsp3) is 0.250. The van der Waals surface area contributed by atoms with Gasteiger partial charge in [-0.05, 0) is 32.3 Å². The highest BCUT2D eigenvalue weighted by molar-refractivity contribution is 5.81. The molecule has 4 heterocycles. The summed E-state index contributed by atoms with van der Waals surface area (Å²) in [5.41, 5.74) is 0.908. The summed E-state index contributed by atoms with van der Waals surface area (Å²) in [5.74, 6) is 0.185. The molecular formula is C16H13F3N6O. The Morgan fingerprint density at radius 1 is 1.15 bits per heavy atom. The molecule has 0 N–H and O–H groups in total. The van der Waals surface area contributed by atoms with Crippen LogP contribution in [-0.4, -0.2) is 43.6 Å². The Morgan fingerprint density at radius 2 is 1.96 bits per heavy atom. The molecule has 0 spiro atoms. The third kappa shape index (κ3) is 2.77. The molecule has 4 aromatic heterocycles. The van der Waals surface area contributed by atoms with Gasteiger partial charge in [-0.15, -0.1) is 10.2 Å². The van der Waals surface area contributed by atoms with E-state index in [4.69, 9.17) is 4.42 Å². The Balaban J connectivity index is 2.03. The maximum atomic E-state index is 13.1. The van der Waals surface area contributed by atoms with Gasteiger partial charge in [0.25, 0.3) is 5.89 Å². The van der Waals surface area contributed by atoms with Crippen LogP contribution >= 0.6 is 0 Å². The first kappa shape index (κ1) is 16.5. The number of nitrogens with zero attached hydrogens (tertiary/aromatic N) is 6. The van der Waals surface area contributed by atoms with Crippen LogP contribution in [0.2, 0.25) is 0 Å². The minimum Gasteiger partial charge on any atom is -0.422 e. The van der Waals surface area contributed by atoms with E-state index in [1.807, 2.05) is 19.0 Å². The molecule has 0 amide bonds. The number of halogens is 3. The van der Waals surface area contributed by atoms with E-state index in [0.29, 0.717) is 23.3 Å². The number of hydrogen-bond acceptors (Lipinski definition) is 6. The van der Waals surface area contributed by atoms with Crippen LogP contribution in [0.1, 0.15) is 11.3 Å². The second-order valence-corrected chi connectivity index (χ2v) is 6.08. The van der Waals surface area contributed by atoms with E-state index in [9.17, 15) is 13.2 Å². The average Bonchev–Trinajstić information content (AvgIpc) is 3.22. The van der Waals surface area contributed by atoms with Crippen molar-refractivity contribution in [2.45, 2.75) is 12.7 Å². The summed E-state index contributed by atoms with van der Waals surface area (Å²) in [6.07, 6.45) is -1.81. The van der Waals surface area contributed by atoms with Crippen LogP contribution in [0.4, 0.5) is 13.2 Å². The molecule has 0 saturated heterocycles. The fourth-order valence-electron chi connectivity index (χ4n) is 2.79. The van der Waals surface area contributed by atoms with Crippen molar-refractivity contribution in [1.82, 2.24) is 29.5 Å². The van der Waals surface area contributed by atoms with Gasteiger partial charge in [-0.3, -0.25) is 4.40 Å². The Morgan fingerprint density at radius 3 is 2.62 bits per heavy atom. The predicted octanol–water partition coefficient (Wildman–Crippen LogP) is 3.01. The van der Waals surface area contributed by atoms with Crippen molar-refractivity contribution in [2.24, 2.45) is 0 Å². The second-order valence-electron chi connectivity index (χ2n) is 6.08. The summed E-state index contributed by atoms with van der Waals surface area (Å²) < 4.78 is 45.9. The van der Waals surface area contributed by atoms with E-state index in [1.54, 1.807) is 12.3 Å². The Kier molecular flexibility index (Phi) is 3.65. The van der Waals surface area contributed by atoms with E-state index in [1.165, 1.54) is 10.5 Å². The van der Waals surface area contributed by atoms with Gasteiger partial charge >= 0.3 is 6.18 Å². The predicted molar refractivity (Wildman–Crippen MR) is 86.2 cm³/mol. The summed E-state index contributed by atoms with van der Waals surface area (Å²) in [6.45, 7) is 0.556. The molecule has 0 atom stereocenters. The standard InChI is InChI=1S/C16H13F3N6O/c1-24(2)6-10-5-9-3-4-12(16(17,18)19)22-13(9)25-7-11(21-14(10)25)15-23-20-8-26-15/h3-5,7-8H,6H2,1-2H3. The van der Waals surface area contributed by atoms with Gasteiger partial charge in [0.15, 0.2) is 0 Å². The third-order valence-corrected chi connectivity index (χ3v) is 3.81. The Bertz CT molecular complexity index is 1080. The number of hydrogen-bond donors (Lipinski definition) is 0. The molecule has 134 valence electrons. The van der Waals surface area contributed by atoms with E-state index in [-0.39, 0.29) is 11.5 Å². The molecule has 26 heavy (non-hydrogen) atoms. The van der Waals surface area contributed by atoms with Crippen molar-refractivity contribution in [1.29, 1.82) is 0 Å². The lowest BCUT2D eigenvalue weighted by molar-refractivity contribution is -0.141. The van der Waals surface area contributed by atoms with Crippen molar-refractivity contribution < 1.29 is 17.6 Å². The molecule has 4 rings (SSSR count). The van der Waals surface area contributed by atoms with Crippen LogP contribution < -0.4 is 0 Å². The minimum absolute atomic E-state index is 0.163. The minimum atomic E-state index is -4.53. The first-order valence-electron chi connectivity index (χ1n) is 7.63. The third-order valence-electron chi connectivity index (χ3n) is 3.81. The van der Waals surface area contributed by atoms with Crippen molar-refractivity contribution >= 4 is 16.7 Å². The molecule has 0 saturated carbocycles. The number of alkyl halides is 3. The number of rotatable bonds is 3. The quantitative estimate of drug-likeness (QED) is 0.558. The zero-order chi connectivity index (χ0) is 18.5. The zero-order valence-corrected chi connectivity index (χ0v) is 13.8. The molecular weight excluding hydrogens is 349 g/mol. The van der Waals surface area contributed by atoms with Crippen LogP contribution in [0.5, 0.6) is 0 Å². The summed E-state index contributed by atoms with van der Waals surface area (Å²) >= 11 is 0. The van der Waals surface area contributed by atoms with Gasteiger partial charge in [0.1, 0.15) is 22.7 Å². The highest BCUT2D eigenvalue weighted by Gasteiger charge is 2.33. The van der Waals surface area contributed by atoms with E-state index >= 15 is 0 Å². The topological polar surface area (TPSA) is 72.4 Å². The number of fused-ring (bicyclic) bond motifs is 3. The molecule has 0 fully saturated rings. The number of imidazole rings is 1. The summed E-state index contributed by atoms with van der Waals surface area (Å²) in [7, 11) is 3.79. The molecule has 0 aromatic carbocycles. The average molecular weight is 362 g/mol. The molecule has 0 bridgehead atoms. The summed E-state index contributed by atoms with van der Waals surface area (Å²) in [4.78, 5) is 10.2.